The number of nitrogens with zero attached hydrogens (tertiary/aromatic N) is 2. The first-order chi connectivity index (χ1) is 7.63. The van der Waals surface area contributed by atoms with E-state index in [-0.39, 0.29) is 17.3 Å². The number of aromatic nitrogens is 3. The van der Waals surface area contributed by atoms with E-state index in [1.165, 1.54) is 0 Å². The summed E-state index contributed by atoms with van der Waals surface area (Å²) in [5.41, 5.74) is 0.0114. The summed E-state index contributed by atoms with van der Waals surface area (Å²) in [5, 5.41) is 7.72. The molecule has 1 rings (SSSR count). The number of thioether (sulfide) groups is 1. The van der Waals surface area contributed by atoms with Gasteiger partial charge in [-0.3, -0.25) is 14.6 Å². The van der Waals surface area contributed by atoms with Crippen molar-refractivity contribution in [3.63, 3.8) is 0 Å². The smallest absolute Gasteiger partial charge is 0.316 e. The van der Waals surface area contributed by atoms with E-state index >= 15 is 0 Å². The van der Waals surface area contributed by atoms with Crippen LogP contribution in [-0.4, -0.2) is 33.5 Å². The van der Waals surface area contributed by atoms with Gasteiger partial charge in [-0.2, -0.15) is 0 Å². The van der Waals surface area contributed by atoms with Crippen molar-refractivity contribution in [1.29, 1.82) is 0 Å². The molecule has 0 spiro atoms. The lowest BCUT2D eigenvalue weighted by atomic mass is 10.5. The molecule has 0 amide bonds. The molecular formula is C9H13N3O3S. The maximum absolute atomic E-state index is 11.2. The van der Waals surface area contributed by atoms with Crippen LogP contribution in [0.25, 0.3) is 0 Å². The van der Waals surface area contributed by atoms with Gasteiger partial charge in [0.15, 0.2) is 5.16 Å². The Bertz CT molecular complexity index is 419. The van der Waals surface area contributed by atoms with Crippen LogP contribution < -0.4 is 5.56 Å². The van der Waals surface area contributed by atoms with Gasteiger partial charge < -0.3 is 4.74 Å². The van der Waals surface area contributed by atoms with Gasteiger partial charge in [0.2, 0.25) is 0 Å². The highest BCUT2D eigenvalue weighted by Crippen LogP contribution is 2.09. The van der Waals surface area contributed by atoms with Gasteiger partial charge in [0.05, 0.1) is 12.4 Å². The minimum Gasteiger partial charge on any atom is -0.465 e. The van der Waals surface area contributed by atoms with Crippen LogP contribution in [0.2, 0.25) is 0 Å². The highest BCUT2D eigenvalue weighted by atomic mass is 32.2. The van der Waals surface area contributed by atoms with Gasteiger partial charge in [0, 0.05) is 0 Å². The standard InChI is InChI=1S/C9H13N3O3S/c1-3-4-15-7(13)5-16-9-10-8(14)6(2)11-12-9/h3-5H2,1-2H3,(H,10,12,14). The van der Waals surface area contributed by atoms with Gasteiger partial charge in [0.1, 0.15) is 5.69 Å². The maximum Gasteiger partial charge on any atom is 0.316 e. The molecule has 7 heteroatoms. The number of hydrogen-bond donors (Lipinski definition) is 1. The first-order valence-corrected chi connectivity index (χ1v) is 5.84. The molecule has 0 unspecified atom stereocenters. The monoisotopic (exact) mass is 243 g/mol. The Balaban J connectivity index is 2.45. The van der Waals surface area contributed by atoms with Crippen molar-refractivity contribution in [2.75, 3.05) is 12.4 Å². The molecule has 1 N–H and O–H groups in total. The summed E-state index contributed by atoms with van der Waals surface area (Å²) < 4.78 is 4.87. The molecule has 6 nitrogen and oxygen atoms in total. The van der Waals surface area contributed by atoms with Gasteiger partial charge in [0.25, 0.3) is 5.56 Å². The van der Waals surface area contributed by atoms with E-state index in [1.807, 2.05) is 6.92 Å². The van der Waals surface area contributed by atoms with Crippen LogP contribution in [0.15, 0.2) is 9.95 Å². The minimum absolute atomic E-state index is 0.119. The van der Waals surface area contributed by atoms with Crippen molar-refractivity contribution in [1.82, 2.24) is 15.2 Å². The zero-order chi connectivity index (χ0) is 12.0. The van der Waals surface area contributed by atoms with E-state index in [9.17, 15) is 9.59 Å². The molecule has 0 aliphatic carbocycles. The van der Waals surface area contributed by atoms with Crippen LogP contribution in [0.1, 0.15) is 19.0 Å². The third-order valence-electron chi connectivity index (χ3n) is 1.63. The molecule has 0 aliphatic rings. The molecule has 0 bridgehead atoms. The quantitative estimate of drug-likeness (QED) is 0.599. The largest absolute Gasteiger partial charge is 0.465 e. The first-order valence-electron chi connectivity index (χ1n) is 4.85. The van der Waals surface area contributed by atoms with Crippen molar-refractivity contribution in [2.24, 2.45) is 0 Å². The molecule has 0 fully saturated rings. The minimum atomic E-state index is -0.324. The van der Waals surface area contributed by atoms with Gasteiger partial charge in [-0.25, -0.2) is 0 Å². The molecule has 0 saturated heterocycles. The Morgan fingerprint density at radius 1 is 1.50 bits per heavy atom. The molecule has 1 heterocycles. The predicted molar refractivity (Wildman–Crippen MR) is 59.4 cm³/mol. The number of aromatic amines is 1. The summed E-state index contributed by atoms with van der Waals surface area (Å²) in [6.07, 6.45) is 0.789. The number of esters is 1. The first kappa shape index (κ1) is 12.7. The second-order valence-corrected chi connectivity index (χ2v) is 4.02. The van der Waals surface area contributed by atoms with Crippen molar-refractivity contribution in [3.8, 4) is 0 Å². The van der Waals surface area contributed by atoms with Crippen molar-refractivity contribution < 1.29 is 9.53 Å². The van der Waals surface area contributed by atoms with Crippen molar-refractivity contribution in [3.05, 3.63) is 16.0 Å². The predicted octanol–water partition coefficient (Wildman–Crippen LogP) is 0.519. The molecule has 0 saturated carbocycles. The normalized spacial score (nSPS) is 10.1. The fraction of sp³-hybridized carbons (Fsp3) is 0.556. The Morgan fingerprint density at radius 2 is 2.25 bits per heavy atom. The summed E-state index contributed by atoms with van der Waals surface area (Å²) in [6, 6.07) is 0. The number of H-pyrrole nitrogens is 1. The molecule has 16 heavy (non-hydrogen) atoms. The number of hydrogen-bond acceptors (Lipinski definition) is 6. The van der Waals surface area contributed by atoms with Crippen molar-refractivity contribution in [2.45, 2.75) is 25.4 Å². The van der Waals surface area contributed by atoms with E-state index in [2.05, 4.69) is 15.2 Å². The van der Waals surface area contributed by atoms with Gasteiger partial charge >= 0.3 is 5.97 Å². The average molecular weight is 243 g/mol. The van der Waals surface area contributed by atoms with Crippen LogP contribution in [-0.2, 0) is 9.53 Å². The van der Waals surface area contributed by atoms with E-state index in [0.717, 1.165) is 18.2 Å². The molecule has 0 atom stereocenters. The fourth-order valence-electron chi connectivity index (χ4n) is 0.828. The zero-order valence-electron chi connectivity index (χ0n) is 9.15. The molecule has 1 aromatic rings. The lowest BCUT2D eigenvalue weighted by Crippen LogP contribution is -2.15. The molecular weight excluding hydrogens is 230 g/mol. The molecule has 1 aromatic heterocycles. The highest BCUT2D eigenvalue weighted by Gasteiger charge is 2.06. The number of ether oxygens (including phenoxy) is 1. The third kappa shape index (κ3) is 4.01. The van der Waals surface area contributed by atoms with E-state index < -0.39 is 0 Å². The average Bonchev–Trinajstić information content (AvgIpc) is 2.28. The number of carbonyl (C=O) groups is 1. The number of aryl methyl sites for hydroxylation is 1. The summed E-state index contributed by atoms with van der Waals surface area (Å²) in [5.74, 6) is -0.205. The van der Waals surface area contributed by atoms with E-state index in [4.69, 9.17) is 4.74 Å². The fourth-order valence-corrected chi connectivity index (χ4v) is 1.43. The van der Waals surface area contributed by atoms with Gasteiger partial charge in [-0.05, 0) is 13.3 Å². The van der Waals surface area contributed by atoms with Crippen LogP contribution in [0.5, 0.6) is 0 Å². The molecule has 0 aliphatic heterocycles. The number of nitrogens with one attached hydrogen (secondary N) is 1. The lowest BCUT2D eigenvalue weighted by molar-refractivity contribution is -0.140. The number of rotatable bonds is 5. The molecule has 0 aromatic carbocycles. The second-order valence-electron chi connectivity index (χ2n) is 3.05. The van der Waals surface area contributed by atoms with Crippen LogP contribution in [0.4, 0.5) is 0 Å². The summed E-state index contributed by atoms with van der Waals surface area (Å²) >= 11 is 1.10. The summed E-state index contributed by atoms with van der Waals surface area (Å²) in [4.78, 5) is 24.8. The lowest BCUT2D eigenvalue weighted by Gasteiger charge is -2.01. The van der Waals surface area contributed by atoms with Crippen LogP contribution in [0.3, 0.4) is 0 Å². The second kappa shape index (κ2) is 6.26. The van der Waals surface area contributed by atoms with Gasteiger partial charge in [-0.15, -0.1) is 10.2 Å². The summed E-state index contributed by atoms with van der Waals surface area (Å²) in [7, 11) is 0. The van der Waals surface area contributed by atoms with E-state index in [0.29, 0.717) is 17.5 Å². The zero-order valence-corrected chi connectivity index (χ0v) is 9.97. The van der Waals surface area contributed by atoms with Gasteiger partial charge in [-0.1, -0.05) is 18.7 Å². The van der Waals surface area contributed by atoms with E-state index in [1.54, 1.807) is 6.92 Å². The van der Waals surface area contributed by atoms with Crippen molar-refractivity contribution >= 4 is 17.7 Å². The summed E-state index contributed by atoms with van der Waals surface area (Å²) in [6.45, 7) is 3.90. The third-order valence-corrected chi connectivity index (χ3v) is 2.47. The highest BCUT2D eigenvalue weighted by molar-refractivity contribution is 7.99. The molecule has 88 valence electrons. The Morgan fingerprint density at radius 3 is 2.88 bits per heavy atom. The molecule has 0 radical (unpaired) electrons. The Hall–Kier alpha value is -1.37. The SMILES string of the molecule is CCCOC(=O)CSc1nnc(C)c(=O)[nH]1. The number of carbonyl (C=O) groups excluding carboxylic acids is 1. The van der Waals surface area contributed by atoms with Crippen LogP contribution >= 0.6 is 11.8 Å². The van der Waals surface area contributed by atoms with Crippen LogP contribution in [0, 0.1) is 6.92 Å². The Labute approximate surface area is 96.8 Å². The maximum atomic E-state index is 11.2. The Kier molecular flexibility index (Phi) is 4.97. The topological polar surface area (TPSA) is 84.9 Å².